The smallest absolute Gasteiger partial charge is 0.0637 e. The molecule has 1 rings (SSSR count). The summed E-state index contributed by atoms with van der Waals surface area (Å²) in [5.41, 5.74) is 0.823. The Hall–Kier alpha value is 0.01000. The average molecular weight is 305 g/mol. The summed E-state index contributed by atoms with van der Waals surface area (Å²) in [7, 11) is 0. The third kappa shape index (κ3) is 8.17. The van der Waals surface area contributed by atoms with Crippen LogP contribution in [-0.4, -0.2) is 4.71 Å². The van der Waals surface area contributed by atoms with Gasteiger partial charge in [-0.3, -0.25) is 0 Å². The van der Waals surface area contributed by atoms with Crippen LogP contribution in [0, 0.1) is 5.92 Å². The van der Waals surface area contributed by atoms with Crippen LogP contribution in [0.3, 0.4) is 0 Å². The highest BCUT2D eigenvalue weighted by Crippen LogP contribution is 2.21. The largest absolute Gasteiger partial charge is 0.758 e. The first-order chi connectivity index (χ1) is 8.54. The molecule has 1 aromatic carbocycles. The lowest BCUT2D eigenvalue weighted by Crippen LogP contribution is -2.07. The minimum absolute atomic E-state index is 0.296. The Bertz CT molecular complexity index is 309. The van der Waals surface area contributed by atoms with E-state index in [-0.39, 0.29) is 4.71 Å². The van der Waals surface area contributed by atoms with Crippen LogP contribution in [0.25, 0.3) is 0 Å². The van der Waals surface area contributed by atoms with Crippen molar-refractivity contribution in [2.75, 3.05) is 5.32 Å². The van der Waals surface area contributed by atoms with Crippen molar-refractivity contribution in [2.45, 2.75) is 44.7 Å². The van der Waals surface area contributed by atoms with Gasteiger partial charge < -0.3 is 17.9 Å². The normalized spacial score (nSPS) is 11.7. The van der Waals surface area contributed by atoms with Gasteiger partial charge in [0, 0.05) is 0 Å². The van der Waals surface area contributed by atoms with Crippen molar-refractivity contribution in [1.29, 1.82) is 0 Å². The summed E-state index contributed by atoms with van der Waals surface area (Å²) in [5.74, 6) is 0.986. The van der Waals surface area contributed by atoms with Crippen LogP contribution in [-0.2, 0) is 12.6 Å². The van der Waals surface area contributed by atoms with Crippen molar-refractivity contribution >= 4 is 42.5 Å². The Morgan fingerprint density at radius 3 is 2.00 bits per heavy atom. The molecule has 1 unspecified atom stereocenters. The fourth-order valence-electron chi connectivity index (χ4n) is 1.58. The second-order valence-corrected chi connectivity index (χ2v) is 5.81. The van der Waals surface area contributed by atoms with Gasteiger partial charge in [-0.05, 0) is 22.8 Å². The molecule has 0 aliphatic carbocycles. The molecule has 4 heteroatoms. The van der Waals surface area contributed by atoms with Crippen molar-refractivity contribution in [1.82, 2.24) is 0 Å². The van der Waals surface area contributed by atoms with E-state index in [4.69, 9.17) is 24.2 Å². The van der Waals surface area contributed by atoms with Crippen LogP contribution in [0.15, 0.2) is 24.3 Å². The highest BCUT2D eigenvalue weighted by molar-refractivity contribution is 7.91. The standard InChI is InChI=1S/C7H8ClNS2.C7H16/c8-5-3-1-2-4-6(5)9-7(10)11;1-4-7(5-2)6-3/h1-4,7,9-11H;7H,4-6H2,1-3H3/p-1. The summed E-state index contributed by atoms with van der Waals surface area (Å²) in [6.07, 6.45) is 4.06. The van der Waals surface area contributed by atoms with Gasteiger partial charge in [0.15, 0.2) is 0 Å². The Morgan fingerprint density at radius 2 is 1.67 bits per heavy atom. The molecular weight excluding hydrogens is 282 g/mol. The number of benzene rings is 1. The summed E-state index contributed by atoms with van der Waals surface area (Å²) < 4.78 is -0.296. The molecule has 104 valence electrons. The summed E-state index contributed by atoms with van der Waals surface area (Å²) in [6, 6.07) is 7.41. The molecule has 1 N–H and O–H groups in total. The number of hydrogen-bond acceptors (Lipinski definition) is 3. The van der Waals surface area contributed by atoms with E-state index in [0.717, 1.165) is 11.6 Å². The van der Waals surface area contributed by atoms with Crippen LogP contribution in [0.4, 0.5) is 5.69 Å². The molecule has 0 saturated carbocycles. The van der Waals surface area contributed by atoms with Crippen LogP contribution >= 0.6 is 24.2 Å². The van der Waals surface area contributed by atoms with E-state index in [1.54, 1.807) is 6.07 Å². The molecular formula is C14H23ClNS2-. The molecule has 0 fully saturated rings. The highest BCUT2D eigenvalue weighted by atomic mass is 35.5. The monoisotopic (exact) mass is 304 g/mol. The number of nitrogens with one attached hydrogen (secondary N) is 1. The second kappa shape index (κ2) is 10.9. The van der Waals surface area contributed by atoms with Gasteiger partial charge in [-0.1, -0.05) is 63.8 Å². The summed E-state index contributed by atoms with van der Waals surface area (Å²) in [6.45, 7) is 6.78. The Morgan fingerprint density at radius 1 is 1.17 bits per heavy atom. The van der Waals surface area contributed by atoms with E-state index < -0.39 is 0 Å². The quantitative estimate of drug-likeness (QED) is 0.432. The summed E-state index contributed by atoms with van der Waals surface area (Å²) >= 11 is 14.6. The third-order valence-corrected chi connectivity index (χ3v) is 3.46. The maximum atomic E-state index is 5.83. The van der Waals surface area contributed by atoms with Crippen molar-refractivity contribution in [3.8, 4) is 0 Å². The van der Waals surface area contributed by atoms with Gasteiger partial charge >= 0.3 is 0 Å². The number of halogens is 1. The van der Waals surface area contributed by atoms with Gasteiger partial charge in [0.05, 0.1) is 10.7 Å². The number of hydrogen-bond donors (Lipinski definition) is 2. The van der Waals surface area contributed by atoms with E-state index in [1.807, 2.05) is 18.2 Å². The van der Waals surface area contributed by atoms with E-state index in [9.17, 15) is 0 Å². The van der Waals surface area contributed by atoms with Gasteiger partial charge in [-0.25, -0.2) is 0 Å². The van der Waals surface area contributed by atoms with Crippen LogP contribution < -0.4 is 5.32 Å². The summed E-state index contributed by atoms with van der Waals surface area (Å²) in [5, 5.41) is 3.58. The molecule has 1 aromatic rings. The summed E-state index contributed by atoms with van der Waals surface area (Å²) in [4.78, 5) is 0. The number of anilines is 1. The van der Waals surface area contributed by atoms with Gasteiger partial charge in [-0.15, -0.1) is 0 Å². The minimum Gasteiger partial charge on any atom is -0.758 e. The number of thiol groups is 1. The highest BCUT2D eigenvalue weighted by Gasteiger charge is 1.96. The molecule has 0 spiro atoms. The number of para-hydroxylation sites is 1. The Kier molecular flexibility index (Phi) is 10.9. The lowest BCUT2D eigenvalue weighted by atomic mass is 10.0. The molecule has 18 heavy (non-hydrogen) atoms. The molecule has 0 heterocycles. The zero-order valence-corrected chi connectivity index (χ0v) is 13.8. The first kappa shape index (κ1) is 18.0. The van der Waals surface area contributed by atoms with E-state index in [2.05, 4.69) is 38.7 Å². The maximum Gasteiger partial charge on any atom is 0.0637 e. The zero-order chi connectivity index (χ0) is 14.0. The van der Waals surface area contributed by atoms with Crippen molar-refractivity contribution in [2.24, 2.45) is 5.92 Å². The van der Waals surface area contributed by atoms with Crippen LogP contribution in [0.5, 0.6) is 0 Å². The first-order valence-corrected chi connectivity index (χ1v) is 7.76. The molecule has 0 amide bonds. The average Bonchev–Trinajstić information content (AvgIpc) is 2.35. The molecule has 0 aliphatic heterocycles. The van der Waals surface area contributed by atoms with Gasteiger partial charge in [0.25, 0.3) is 0 Å². The fraction of sp³-hybridized carbons (Fsp3) is 0.571. The third-order valence-electron chi connectivity index (χ3n) is 2.88. The molecule has 0 saturated heterocycles. The lowest BCUT2D eigenvalue weighted by molar-refractivity contribution is 0.477. The second-order valence-electron chi connectivity index (χ2n) is 4.07. The zero-order valence-electron chi connectivity index (χ0n) is 11.3. The van der Waals surface area contributed by atoms with E-state index in [0.29, 0.717) is 5.02 Å². The fourth-order valence-corrected chi connectivity index (χ4v) is 2.03. The lowest BCUT2D eigenvalue weighted by Gasteiger charge is -2.19. The molecule has 0 radical (unpaired) electrons. The van der Waals surface area contributed by atoms with Gasteiger partial charge in [0.2, 0.25) is 0 Å². The predicted octanol–water partition coefficient (Wildman–Crippen LogP) is 5.34. The Balaban J connectivity index is 0.000000360. The van der Waals surface area contributed by atoms with Crippen LogP contribution in [0.2, 0.25) is 5.02 Å². The van der Waals surface area contributed by atoms with E-state index >= 15 is 0 Å². The predicted molar refractivity (Wildman–Crippen MR) is 89.6 cm³/mol. The molecule has 0 aromatic heterocycles. The van der Waals surface area contributed by atoms with Gasteiger partial charge in [0.1, 0.15) is 0 Å². The Labute approximate surface area is 128 Å². The van der Waals surface area contributed by atoms with E-state index in [1.165, 1.54) is 19.3 Å². The molecule has 0 aliphatic rings. The maximum absolute atomic E-state index is 5.83. The molecule has 1 nitrogen and oxygen atoms in total. The topological polar surface area (TPSA) is 12.0 Å². The minimum atomic E-state index is -0.296. The van der Waals surface area contributed by atoms with Crippen LogP contribution in [0.1, 0.15) is 40.0 Å². The van der Waals surface area contributed by atoms with Gasteiger partial charge in [-0.2, -0.15) is 12.6 Å². The first-order valence-electron chi connectivity index (χ1n) is 6.39. The number of rotatable bonds is 5. The van der Waals surface area contributed by atoms with Crippen molar-refractivity contribution in [3.05, 3.63) is 29.3 Å². The van der Waals surface area contributed by atoms with Crippen molar-refractivity contribution in [3.63, 3.8) is 0 Å². The molecule has 1 atom stereocenters. The molecule has 0 bridgehead atoms. The van der Waals surface area contributed by atoms with Crippen molar-refractivity contribution < 1.29 is 0 Å². The SMILES string of the molecule is CCC(CC)CC.[S-]C(S)Nc1ccccc1Cl.